The zero-order valence-corrected chi connectivity index (χ0v) is 11.5. The molecule has 1 aliphatic heterocycles. The molecule has 1 heteroatoms. The molecule has 2 rings (SSSR count). The van der Waals surface area contributed by atoms with E-state index in [4.69, 9.17) is 0 Å². The second-order valence-electron chi connectivity index (χ2n) is 6.63. The SMILES string of the molecule is CC1CCC(C2CCC(C)C(C)C2C)NC1. The summed E-state index contributed by atoms with van der Waals surface area (Å²) in [6.07, 6.45) is 5.75. The number of rotatable bonds is 1. The topological polar surface area (TPSA) is 12.0 Å². The van der Waals surface area contributed by atoms with Crippen molar-refractivity contribution in [2.24, 2.45) is 29.6 Å². The number of hydrogen-bond donors (Lipinski definition) is 1. The van der Waals surface area contributed by atoms with Crippen LogP contribution < -0.4 is 5.32 Å². The molecule has 0 aromatic carbocycles. The first kappa shape index (κ1) is 12.4. The van der Waals surface area contributed by atoms with Crippen molar-refractivity contribution in [2.45, 2.75) is 59.4 Å². The van der Waals surface area contributed by atoms with Crippen molar-refractivity contribution in [3.05, 3.63) is 0 Å². The summed E-state index contributed by atoms with van der Waals surface area (Å²) >= 11 is 0. The molecule has 1 nitrogen and oxygen atoms in total. The summed E-state index contributed by atoms with van der Waals surface area (Å²) in [5.41, 5.74) is 0. The van der Waals surface area contributed by atoms with Gasteiger partial charge in [-0.25, -0.2) is 0 Å². The Morgan fingerprint density at radius 3 is 2.19 bits per heavy atom. The van der Waals surface area contributed by atoms with Gasteiger partial charge in [-0.3, -0.25) is 0 Å². The van der Waals surface area contributed by atoms with Crippen molar-refractivity contribution < 1.29 is 0 Å². The average Bonchev–Trinajstić information content (AvgIpc) is 2.28. The maximum atomic E-state index is 3.80. The summed E-state index contributed by atoms with van der Waals surface area (Å²) in [4.78, 5) is 0. The number of hydrogen-bond acceptors (Lipinski definition) is 1. The van der Waals surface area contributed by atoms with Gasteiger partial charge in [-0.15, -0.1) is 0 Å². The Labute approximate surface area is 101 Å². The molecule has 1 N–H and O–H groups in total. The van der Waals surface area contributed by atoms with Crippen LogP contribution in [-0.2, 0) is 0 Å². The Morgan fingerprint density at radius 2 is 1.56 bits per heavy atom. The second-order valence-corrected chi connectivity index (χ2v) is 6.63. The molecule has 0 spiro atoms. The highest BCUT2D eigenvalue weighted by Crippen LogP contribution is 2.41. The molecule has 0 amide bonds. The van der Waals surface area contributed by atoms with Crippen LogP contribution in [0.25, 0.3) is 0 Å². The van der Waals surface area contributed by atoms with Gasteiger partial charge in [0.25, 0.3) is 0 Å². The van der Waals surface area contributed by atoms with Crippen molar-refractivity contribution in [2.75, 3.05) is 6.54 Å². The fourth-order valence-electron chi connectivity index (χ4n) is 3.84. The van der Waals surface area contributed by atoms with Crippen molar-refractivity contribution in [1.29, 1.82) is 0 Å². The van der Waals surface area contributed by atoms with E-state index < -0.39 is 0 Å². The predicted octanol–water partition coefficient (Wildman–Crippen LogP) is 3.69. The minimum absolute atomic E-state index is 0.821. The zero-order valence-electron chi connectivity index (χ0n) is 11.5. The first-order valence-electron chi connectivity index (χ1n) is 7.33. The Balaban J connectivity index is 1.94. The molecule has 1 saturated heterocycles. The van der Waals surface area contributed by atoms with Crippen LogP contribution >= 0.6 is 0 Å². The van der Waals surface area contributed by atoms with Crippen molar-refractivity contribution in [1.82, 2.24) is 5.32 Å². The van der Waals surface area contributed by atoms with Gasteiger partial charge >= 0.3 is 0 Å². The Hall–Kier alpha value is -0.0400. The maximum Gasteiger partial charge on any atom is 0.00981 e. The summed E-state index contributed by atoms with van der Waals surface area (Å²) in [6.45, 7) is 11.0. The van der Waals surface area contributed by atoms with Gasteiger partial charge in [-0.05, 0) is 55.4 Å². The highest BCUT2D eigenvalue weighted by Gasteiger charge is 2.36. The largest absolute Gasteiger partial charge is 0.313 e. The highest BCUT2D eigenvalue weighted by molar-refractivity contribution is 4.90. The third-order valence-corrected chi connectivity index (χ3v) is 5.57. The van der Waals surface area contributed by atoms with Gasteiger partial charge in [-0.1, -0.05) is 34.1 Å². The van der Waals surface area contributed by atoms with Crippen LogP contribution in [0.5, 0.6) is 0 Å². The standard InChI is InChI=1S/C15H29N/c1-10-5-8-15(16-9-10)14-7-6-11(2)12(3)13(14)4/h10-16H,5-9H2,1-4H3. The fourth-order valence-corrected chi connectivity index (χ4v) is 3.84. The summed E-state index contributed by atoms with van der Waals surface area (Å²) in [6, 6.07) is 0.821. The average molecular weight is 223 g/mol. The molecule has 1 saturated carbocycles. The molecule has 2 aliphatic rings. The summed E-state index contributed by atoms with van der Waals surface area (Å²) in [5.74, 6) is 4.61. The van der Waals surface area contributed by atoms with Crippen LogP contribution in [0.1, 0.15) is 53.4 Å². The monoisotopic (exact) mass is 223 g/mol. The molecule has 1 aliphatic carbocycles. The van der Waals surface area contributed by atoms with Gasteiger partial charge in [0.05, 0.1) is 0 Å². The van der Waals surface area contributed by atoms with E-state index >= 15 is 0 Å². The van der Waals surface area contributed by atoms with Crippen LogP contribution in [0.4, 0.5) is 0 Å². The van der Waals surface area contributed by atoms with E-state index in [1.165, 1.54) is 32.2 Å². The molecule has 0 aromatic rings. The molecule has 1 heterocycles. The molecule has 6 atom stereocenters. The van der Waals surface area contributed by atoms with Crippen molar-refractivity contribution in [3.8, 4) is 0 Å². The van der Waals surface area contributed by atoms with Crippen LogP contribution in [0.15, 0.2) is 0 Å². The van der Waals surface area contributed by atoms with Gasteiger partial charge in [0.2, 0.25) is 0 Å². The Bertz CT molecular complexity index is 217. The summed E-state index contributed by atoms with van der Waals surface area (Å²) in [7, 11) is 0. The molecule has 0 radical (unpaired) electrons. The minimum Gasteiger partial charge on any atom is -0.313 e. The molecule has 94 valence electrons. The van der Waals surface area contributed by atoms with Crippen LogP contribution in [0, 0.1) is 29.6 Å². The second kappa shape index (κ2) is 5.08. The van der Waals surface area contributed by atoms with E-state index in [9.17, 15) is 0 Å². The van der Waals surface area contributed by atoms with Crippen LogP contribution in [0.2, 0.25) is 0 Å². The predicted molar refractivity (Wildman–Crippen MR) is 70.4 cm³/mol. The van der Waals surface area contributed by atoms with Gasteiger partial charge in [0.15, 0.2) is 0 Å². The lowest BCUT2D eigenvalue weighted by molar-refractivity contribution is 0.0815. The molecule has 0 aromatic heterocycles. The molecule has 0 bridgehead atoms. The quantitative estimate of drug-likeness (QED) is 0.715. The van der Waals surface area contributed by atoms with Crippen molar-refractivity contribution >= 4 is 0 Å². The maximum absolute atomic E-state index is 3.80. The van der Waals surface area contributed by atoms with Gasteiger partial charge in [0.1, 0.15) is 0 Å². The van der Waals surface area contributed by atoms with E-state index in [2.05, 4.69) is 33.0 Å². The minimum atomic E-state index is 0.821. The third kappa shape index (κ3) is 2.45. The summed E-state index contributed by atoms with van der Waals surface area (Å²) < 4.78 is 0. The molecular weight excluding hydrogens is 194 g/mol. The third-order valence-electron chi connectivity index (χ3n) is 5.57. The van der Waals surface area contributed by atoms with E-state index in [0.29, 0.717) is 0 Å². The van der Waals surface area contributed by atoms with E-state index in [1.54, 1.807) is 0 Å². The van der Waals surface area contributed by atoms with E-state index in [0.717, 1.165) is 35.6 Å². The molecule has 2 fully saturated rings. The first-order chi connectivity index (χ1) is 7.59. The number of piperidine rings is 1. The lowest BCUT2D eigenvalue weighted by atomic mass is 9.65. The van der Waals surface area contributed by atoms with Gasteiger partial charge < -0.3 is 5.32 Å². The normalized spacial score (nSPS) is 50.2. The smallest absolute Gasteiger partial charge is 0.00981 e. The van der Waals surface area contributed by atoms with Crippen LogP contribution in [0.3, 0.4) is 0 Å². The lowest BCUT2D eigenvalue weighted by Crippen LogP contribution is -2.47. The highest BCUT2D eigenvalue weighted by atomic mass is 14.9. The van der Waals surface area contributed by atoms with E-state index in [-0.39, 0.29) is 0 Å². The molecular formula is C15H29N. The van der Waals surface area contributed by atoms with E-state index in [1.807, 2.05) is 0 Å². The first-order valence-corrected chi connectivity index (χ1v) is 7.33. The van der Waals surface area contributed by atoms with Crippen molar-refractivity contribution in [3.63, 3.8) is 0 Å². The Kier molecular flexibility index (Phi) is 3.94. The van der Waals surface area contributed by atoms with Crippen LogP contribution in [-0.4, -0.2) is 12.6 Å². The van der Waals surface area contributed by atoms with Gasteiger partial charge in [0, 0.05) is 6.04 Å². The molecule has 16 heavy (non-hydrogen) atoms. The Morgan fingerprint density at radius 1 is 0.812 bits per heavy atom. The zero-order chi connectivity index (χ0) is 11.7. The lowest BCUT2D eigenvalue weighted by Gasteiger charge is -2.44. The molecule has 6 unspecified atom stereocenters. The van der Waals surface area contributed by atoms with Gasteiger partial charge in [-0.2, -0.15) is 0 Å². The fraction of sp³-hybridized carbons (Fsp3) is 1.00. The summed E-state index contributed by atoms with van der Waals surface area (Å²) in [5, 5.41) is 3.80. The number of nitrogens with one attached hydrogen (secondary N) is 1.